The number of nitrogens with zero attached hydrogens (tertiary/aromatic N) is 4. The van der Waals surface area contributed by atoms with Gasteiger partial charge in [0.1, 0.15) is 12.8 Å². The molecule has 0 spiro atoms. The number of hydrogen-bond donors (Lipinski definition) is 1. The topological polar surface area (TPSA) is 74.0 Å². The van der Waals surface area contributed by atoms with Gasteiger partial charge in [-0.05, 0) is 36.7 Å². The molecule has 1 atom stereocenters. The third-order valence-electron chi connectivity index (χ3n) is 3.42. The van der Waals surface area contributed by atoms with Gasteiger partial charge in [0, 0.05) is 6.61 Å². The van der Waals surface area contributed by atoms with Crippen LogP contribution in [0.5, 0.6) is 0 Å². The number of aromatic nitrogens is 4. The fraction of sp³-hybridized carbons (Fsp3) is 0.500. The molecule has 0 aliphatic heterocycles. The molecule has 0 aliphatic rings. The van der Waals surface area contributed by atoms with E-state index < -0.39 is 23.8 Å². The second kappa shape index (κ2) is 7.56. The van der Waals surface area contributed by atoms with Crippen molar-refractivity contribution in [3.05, 3.63) is 28.3 Å². The van der Waals surface area contributed by atoms with Gasteiger partial charge in [-0.15, -0.1) is 0 Å². The molecule has 1 amide bonds. The monoisotopic (exact) mass is 423 g/mol. The third-order valence-corrected chi connectivity index (χ3v) is 4.37. The summed E-state index contributed by atoms with van der Waals surface area (Å²) in [6, 6.07) is -0.942. The number of amides is 1. The highest BCUT2D eigenvalue weighted by Gasteiger charge is 2.38. The Bertz CT molecular complexity index is 756. The number of rotatable bonds is 6. The minimum Gasteiger partial charge on any atom is -0.360 e. The Morgan fingerprint density at radius 2 is 2.16 bits per heavy atom. The van der Waals surface area contributed by atoms with Gasteiger partial charge in [0.25, 0.3) is 0 Å². The minimum absolute atomic E-state index is 0.177. The maximum Gasteiger partial charge on any atom is 0.436 e. The van der Waals surface area contributed by atoms with Crippen LogP contribution in [0, 0.1) is 6.92 Å². The van der Waals surface area contributed by atoms with Crippen LogP contribution in [0.15, 0.2) is 16.9 Å². The molecule has 2 aromatic rings. The molecule has 0 aromatic carbocycles. The van der Waals surface area contributed by atoms with Gasteiger partial charge >= 0.3 is 6.18 Å². The summed E-state index contributed by atoms with van der Waals surface area (Å²) in [5.74, 6) is -0.511. The van der Waals surface area contributed by atoms with Gasteiger partial charge in [-0.2, -0.15) is 23.4 Å². The van der Waals surface area contributed by atoms with E-state index in [0.717, 1.165) is 4.68 Å². The Morgan fingerprint density at radius 1 is 1.48 bits per heavy atom. The molecule has 7 nitrogen and oxygen atoms in total. The summed E-state index contributed by atoms with van der Waals surface area (Å²) in [7, 11) is 0. The fourth-order valence-corrected chi connectivity index (χ4v) is 2.58. The zero-order valence-corrected chi connectivity index (χ0v) is 15.3. The van der Waals surface area contributed by atoms with Crippen molar-refractivity contribution in [2.75, 3.05) is 11.9 Å². The molecule has 11 heteroatoms. The molecule has 0 saturated carbocycles. The first-order valence-electron chi connectivity index (χ1n) is 7.38. The van der Waals surface area contributed by atoms with Crippen molar-refractivity contribution in [1.29, 1.82) is 0 Å². The first-order valence-corrected chi connectivity index (χ1v) is 8.17. The van der Waals surface area contributed by atoms with E-state index in [-0.39, 0.29) is 16.9 Å². The van der Waals surface area contributed by atoms with Crippen molar-refractivity contribution in [2.24, 2.45) is 0 Å². The predicted molar refractivity (Wildman–Crippen MR) is 86.9 cm³/mol. The third kappa shape index (κ3) is 4.40. The fourth-order valence-electron chi connectivity index (χ4n) is 2.10. The highest BCUT2D eigenvalue weighted by molar-refractivity contribution is 9.10. The van der Waals surface area contributed by atoms with E-state index in [2.05, 4.69) is 31.4 Å². The maximum atomic E-state index is 12.9. The van der Waals surface area contributed by atoms with E-state index in [1.54, 1.807) is 6.20 Å². The van der Waals surface area contributed by atoms with Gasteiger partial charge in [0.15, 0.2) is 5.69 Å². The van der Waals surface area contributed by atoms with Crippen LogP contribution in [0.1, 0.15) is 31.3 Å². The summed E-state index contributed by atoms with van der Waals surface area (Å²) in [5, 5.41) is 10.1. The number of carbonyl (C=O) groups excluding carboxylic acids is 1. The summed E-state index contributed by atoms with van der Waals surface area (Å²) < 4.78 is 46.3. The van der Waals surface area contributed by atoms with E-state index >= 15 is 0 Å². The molecular weight excluding hydrogens is 407 g/mol. The van der Waals surface area contributed by atoms with Gasteiger partial charge in [-0.1, -0.05) is 0 Å². The van der Waals surface area contributed by atoms with Crippen LogP contribution in [0.25, 0.3) is 0 Å². The molecule has 2 rings (SSSR count). The van der Waals surface area contributed by atoms with E-state index in [1.165, 1.54) is 24.7 Å². The predicted octanol–water partition coefficient (Wildman–Crippen LogP) is 3.36. The summed E-state index contributed by atoms with van der Waals surface area (Å²) >= 11 is 2.89. The molecule has 1 N–H and O–H groups in total. The van der Waals surface area contributed by atoms with Gasteiger partial charge in [-0.25, -0.2) is 4.68 Å². The average molecular weight is 424 g/mol. The first-order chi connectivity index (χ1) is 11.6. The Morgan fingerprint density at radius 3 is 2.72 bits per heavy atom. The number of alkyl halides is 3. The molecular formula is C14H17BrF3N5O2. The molecule has 0 bridgehead atoms. The van der Waals surface area contributed by atoms with Crippen LogP contribution in [0.2, 0.25) is 0 Å². The SMILES string of the molecule is CCOCn1cc(NC(=O)C(C)n2nc(C(F)(F)F)c(Br)c2C)cn1. The van der Waals surface area contributed by atoms with Crippen LogP contribution in [-0.4, -0.2) is 32.1 Å². The molecule has 0 radical (unpaired) electrons. The summed E-state index contributed by atoms with van der Waals surface area (Å²) in [4.78, 5) is 12.3. The largest absolute Gasteiger partial charge is 0.436 e. The second-order valence-corrected chi connectivity index (χ2v) is 6.04. The number of carbonyl (C=O) groups is 1. The van der Waals surface area contributed by atoms with Gasteiger partial charge in [0.2, 0.25) is 5.91 Å². The van der Waals surface area contributed by atoms with E-state index in [9.17, 15) is 18.0 Å². The van der Waals surface area contributed by atoms with Gasteiger partial charge in [0.05, 0.1) is 28.2 Å². The normalized spacial score (nSPS) is 13.1. The summed E-state index contributed by atoms with van der Waals surface area (Å²) in [5.41, 5.74) is -0.437. The Labute approximate surface area is 150 Å². The molecule has 0 aliphatic carbocycles. The Kier molecular flexibility index (Phi) is 5.88. The van der Waals surface area contributed by atoms with Crippen molar-refractivity contribution < 1.29 is 22.7 Å². The van der Waals surface area contributed by atoms with Crippen molar-refractivity contribution in [1.82, 2.24) is 19.6 Å². The molecule has 0 fully saturated rings. The van der Waals surface area contributed by atoms with Crippen molar-refractivity contribution in [3.63, 3.8) is 0 Å². The molecule has 2 aromatic heterocycles. The lowest BCUT2D eigenvalue weighted by Crippen LogP contribution is -2.25. The lowest BCUT2D eigenvalue weighted by atomic mass is 10.3. The zero-order chi connectivity index (χ0) is 18.8. The Balaban J connectivity index is 2.14. The standard InChI is InChI=1S/C14H17BrF3N5O2/c1-4-25-7-22-6-10(5-19-22)20-13(24)9(3)23-8(2)11(15)12(21-23)14(16,17)18/h5-6,9H,4,7H2,1-3H3,(H,20,24). The van der Waals surface area contributed by atoms with Crippen LogP contribution >= 0.6 is 15.9 Å². The highest BCUT2D eigenvalue weighted by Crippen LogP contribution is 2.36. The van der Waals surface area contributed by atoms with Crippen LogP contribution < -0.4 is 5.32 Å². The zero-order valence-electron chi connectivity index (χ0n) is 13.8. The lowest BCUT2D eigenvalue weighted by Gasteiger charge is -2.13. The Hall–Kier alpha value is -1.88. The first kappa shape index (κ1) is 19.4. The van der Waals surface area contributed by atoms with E-state index in [4.69, 9.17) is 4.74 Å². The van der Waals surface area contributed by atoms with E-state index in [1.807, 2.05) is 6.92 Å². The summed E-state index contributed by atoms with van der Waals surface area (Å²) in [6.45, 7) is 5.52. The lowest BCUT2D eigenvalue weighted by molar-refractivity contribution is -0.142. The van der Waals surface area contributed by atoms with Crippen LogP contribution in [0.4, 0.5) is 18.9 Å². The summed E-state index contributed by atoms with van der Waals surface area (Å²) in [6.07, 6.45) is -1.62. The average Bonchev–Trinajstić information content (AvgIpc) is 3.09. The molecule has 0 saturated heterocycles. The van der Waals surface area contributed by atoms with Crippen LogP contribution in [0.3, 0.4) is 0 Å². The van der Waals surface area contributed by atoms with Crippen molar-refractivity contribution in [2.45, 2.75) is 39.7 Å². The number of nitrogens with one attached hydrogen (secondary N) is 1. The quantitative estimate of drug-likeness (QED) is 0.772. The minimum atomic E-state index is -4.61. The molecule has 138 valence electrons. The van der Waals surface area contributed by atoms with Crippen LogP contribution in [-0.2, 0) is 22.4 Å². The number of halogens is 4. The molecule has 2 heterocycles. The van der Waals surface area contributed by atoms with Crippen molar-refractivity contribution in [3.8, 4) is 0 Å². The van der Waals surface area contributed by atoms with Gasteiger partial charge < -0.3 is 10.1 Å². The maximum absolute atomic E-state index is 12.9. The van der Waals surface area contributed by atoms with Crippen molar-refractivity contribution >= 4 is 27.5 Å². The number of hydrogen-bond acceptors (Lipinski definition) is 4. The molecule has 1 unspecified atom stereocenters. The smallest absolute Gasteiger partial charge is 0.360 e. The number of ether oxygens (including phenoxy) is 1. The second-order valence-electron chi connectivity index (χ2n) is 5.25. The molecule has 25 heavy (non-hydrogen) atoms. The highest BCUT2D eigenvalue weighted by atomic mass is 79.9. The number of anilines is 1. The van der Waals surface area contributed by atoms with E-state index in [0.29, 0.717) is 12.3 Å². The van der Waals surface area contributed by atoms with Gasteiger partial charge in [-0.3, -0.25) is 9.48 Å².